The molecule has 0 amide bonds. The van der Waals surface area contributed by atoms with Gasteiger partial charge >= 0.3 is 0 Å². The van der Waals surface area contributed by atoms with E-state index in [1.165, 1.54) is 0 Å². The molecule has 0 spiro atoms. The zero-order chi connectivity index (χ0) is 13.8. The van der Waals surface area contributed by atoms with Crippen molar-refractivity contribution in [2.45, 2.75) is 27.3 Å². The predicted molar refractivity (Wildman–Crippen MR) is 75.0 cm³/mol. The van der Waals surface area contributed by atoms with Gasteiger partial charge in [-0.15, -0.1) is 0 Å². The Bertz CT molecular complexity index is 612. The second-order valence-electron chi connectivity index (χ2n) is 4.35. The zero-order valence-electron chi connectivity index (χ0n) is 11.4. The maximum absolute atomic E-state index is 12.2. The maximum atomic E-state index is 12.2. The number of ketones is 1. The summed E-state index contributed by atoms with van der Waals surface area (Å²) in [6.07, 6.45) is 6.78. The number of allylic oxidation sites excluding steroid dienone is 1. The van der Waals surface area contributed by atoms with Crippen LogP contribution in [0, 0.1) is 13.8 Å². The molecule has 0 atom stereocenters. The number of carbonyl (C=O) groups excluding carboxylic acids is 1. The first kappa shape index (κ1) is 13.2. The number of rotatable bonds is 4. The Morgan fingerprint density at radius 2 is 2.21 bits per heavy atom. The van der Waals surface area contributed by atoms with Crippen molar-refractivity contribution in [3.05, 3.63) is 53.1 Å². The average molecular weight is 255 g/mol. The molecule has 0 saturated heterocycles. The monoisotopic (exact) mass is 255 g/mol. The first-order valence-corrected chi connectivity index (χ1v) is 6.30. The molecule has 0 fully saturated rings. The zero-order valence-corrected chi connectivity index (χ0v) is 11.4. The summed E-state index contributed by atoms with van der Waals surface area (Å²) < 4.78 is 1.85. The Morgan fingerprint density at radius 3 is 2.79 bits per heavy atom. The van der Waals surface area contributed by atoms with Gasteiger partial charge in [-0.05, 0) is 44.6 Å². The molecule has 0 aliphatic heterocycles. The standard InChI is InChI=1S/C15H17N3O/c1-4-18-12(3)15(11(2)17-18)14(19)8-7-13-6-5-9-16-10-13/h5-10H,4H2,1-3H3. The Kier molecular flexibility index (Phi) is 3.90. The third-order valence-electron chi connectivity index (χ3n) is 3.04. The number of pyridine rings is 1. The van der Waals surface area contributed by atoms with E-state index in [0.717, 1.165) is 23.5 Å². The topological polar surface area (TPSA) is 47.8 Å². The molecule has 0 aromatic carbocycles. The van der Waals surface area contributed by atoms with Crippen molar-refractivity contribution in [1.29, 1.82) is 0 Å². The second kappa shape index (κ2) is 5.61. The Labute approximate surface area is 112 Å². The quantitative estimate of drug-likeness (QED) is 0.623. The minimum absolute atomic E-state index is 0.0152. The minimum Gasteiger partial charge on any atom is -0.289 e. The van der Waals surface area contributed by atoms with Crippen molar-refractivity contribution in [3.63, 3.8) is 0 Å². The van der Waals surface area contributed by atoms with Crippen LogP contribution in [0.2, 0.25) is 0 Å². The number of carbonyl (C=O) groups is 1. The summed E-state index contributed by atoms with van der Waals surface area (Å²) in [5.74, 6) is -0.0152. The van der Waals surface area contributed by atoms with Crippen molar-refractivity contribution in [2.24, 2.45) is 0 Å². The number of hydrogen-bond acceptors (Lipinski definition) is 3. The lowest BCUT2D eigenvalue weighted by Gasteiger charge is -1.99. The van der Waals surface area contributed by atoms with Crippen molar-refractivity contribution in [3.8, 4) is 0 Å². The molecule has 0 radical (unpaired) electrons. The van der Waals surface area contributed by atoms with Crippen LogP contribution in [0.3, 0.4) is 0 Å². The van der Waals surface area contributed by atoms with E-state index in [1.54, 1.807) is 24.5 Å². The number of nitrogens with zero attached hydrogens (tertiary/aromatic N) is 3. The molecule has 0 aliphatic rings. The van der Waals surface area contributed by atoms with E-state index in [9.17, 15) is 4.79 Å². The highest BCUT2D eigenvalue weighted by atomic mass is 16.1. The van der Waals surface area contributed by atoms with E-state index in [1.807, 2.05) is 37.6 Å². The SMILES string of the molecule is CCn1nc(C)c(C(=O)C=Cc2cccnc2)c1C. The summed E-state index contributed by atoms with van der Waals surface area (Å²) in [4.78, 5) is 16.2. The molecule has 0 aliphatic carbocycles. The third kappa shape index (κ3) is 2.78. The third-order valence-corrected chi connectivity index (χ3v) is 3.04. The molecule has 4 heteroatoms. The molecule has 2 aromatic rings. The fourth-order valence-corrected chi connectivity index (χ4v) is 2.09. The molecule has 4 nitrogen and oxygen atoms in total. The van der Waals surface area contributed by atoms with E-state index >= 15 is 0 Å². The van der Waals surface area contributed by atoms with E-state index in [-0.39, 0.29) is 5.78 Å². The van der Waals surface area contributed by atoms with Gasteiger partial charge in [-0.3, -0.25) is 14.5 Å². The molecular weight excluding hydrogens is 238 g/mol. The minimum atomic E-state index is -0.0152. The van der Waals surface area contributed by atoms with Gasteiger partial charge in [0, 0.05) is 24.6 Å². The highest BCUT2D eigenvalue weighted by Crippen LogP contribution is 2.15. The first-order chi connectivity index (χ1) is 9.13. The number of aryl methyl sites for hydroxylation is 2. The fourth-order valence-electron chi connectivity index (χ4n) is 2.09. The van der Waals surface area contributed by atoms with Crippen LogP contribution in [0.15, 0.2) is 30.6 Å². The molecule has 98 valence electrons. The summed E-state index contributed by atoms with van der Waals surface area (Å²) in [6, 6.07) is 3.75. The van der Waals surface area contributed by atoms with Gasteiger partial charge in [0.25, 0.3) is 0 Å². The largest absolute Gasteiger partial charge is 0.289 e. The summed E-state index contributed by atoms with van der Waals surface area (Å²) >= 11 is 0. The molecule has 0 N–H and O–H groups in total. The lowest BCUT2D eigenvalue weighted by atomic mass is 10.1. The van der Waals surface area contributed by atoms with E-state index in [2.05, 4.69) is 10.1 Å². The van der Waals surface area contributed by atoms with Crippen molar-refractivity contribution in [1.82, 2.24) is 14.8 Å². The molecule has 2 aromatic heterocycles. The molecule has 0 unspecified atom stereocenters. The molecule has 2 rings (SSSR count). The van der Waals surface area contributed by atoms with Crippen LogP contribution in [-0.2, 0) is 6.54 Å². The van der Waals surface area contributed by atoms with Crippen LogP contribution in [-0.4, -0.2) is 20.5 Å². The van der Waals surface area contributed by atoms with Gasteiger partial charge in [0.15, 0.2) is 5.78 Å². The van der Waals surface area contributed by atoms with Gasteiger partial charge in [0.2, 0.25) is 0 Å². The van der Waals surface area contributed by atoms with E-state index in [0.29, 0.717) is 5.56 Å². The Morgan fingerprint density at radius 1 is 1.42 bits per heavy atom. The van der Waals surface area contributed by atoms with Gasteiger partial charge in [0.1, 0.15) is 0 Å². The lowest BCUT2D eigenvalue weighted by molar-refractivity contribution is 0.104. The second-order valence-corrected chi connectivity index (χ2v) is 4.35. The van der Waals surface area contributed by atoms with E-state index < -0.39 is 0 Å². The molecular formula is C15H17N3O. The van der Waals surface area contributed by atoms with Gasteiger partial charge < -0.3 is 0 Å². The fraction of sp³-hybridized carbons (Fsp3) is 0.267. The van der Waals surface area contributed by atoms with Crippen LogP contribution >= 0.6 is 0 Å². The summed E-state index contributed by atoms with van der Waals surface area (Å²) in [7, 11) is 0. The first-order valence-electron chi connectivity index (χ1n) is 6.30. The van der Waals surface area contributed by atoms with Gasteiger partial charge in [-0.2, -0.15) is 5.10 Å². The van der Waals surface area contributed by atoms with Crippen LogP contribution in [0.5, 0.6) is 0 Å². The molecule has 0 saturated carbocycles. The van der Waals surface area contributed by atoms with E-state index in [4.69, 9.17) is 0 Å². The lowest BCUT2D eigenvalue weighted by Crippen LogP contribution is -2.01. The Balaban J connectivity index is 2.26. The highest BCUT2D eigenvalue weighted by Gasteiger charge is 2.15. The normalized spacial score (nSPS) is 11.1. The van der Waals surface area contributed by atoms with Gasteiger partial charge in [-0.25, -0.2) is 0 Å². The average Bonchev–Trinajstić information content (AvgIpc) is 2.72. The smallest absolute Gasteiger partial charge is 0.189 e. The maximum Gasteiger partial charge on any atom is 0.189 e. The van der Waals surface area contributed by atoms with Crippen molar-refractivity contribution >= 4 is 11.9 Å². The summed E-state index contributed by atoms with van der Waals surface area (Å²) in [6.45, 7) is 6.57. The van der Waals surface area contributed by atoms with Gasteiger partial charge in [0.05, 0.1) is 11.3 Å². The number of hydrogen-bond donors (Lipinski definition) is 0. The van der Waals surface area contributed by atoms with Crippen molar-refractivity contribution < 1.29 is 4.79 Å². The van der Waals surface area contributed by atoms with Crippen LogP contribution in [0.4, 0.5) is 0 Å². The van der Waals surface area contributed by atoms with Crippen LogP contribution < -0.4 is 0 Å². The number of aromatic nitrogens is 3. The van der Waals surface area contributed by atoms with Crippen LogP contribution in [0.1, 0.15) is 34.2 Å². The summed E-state index contributed by atoms with van der Waals surface area (Å²) in [5, 5.41) is 4.35. The van der Waals surface area contributed by atoms with Crippen LogP contribution in [0.25, 0.3) is 6.08 Å². The highest BCUT2D eigenvalue weighted by molar-refractivity contribution is 6.08. The van der Waals surface area contributed by atoms with Crippen molar-refractivity contribution in [2.75, 3.05) is 0 Å². The molecule has 2 heterocycles. The predicted octanol–water partition coefficient (Wildman–Crippen LogP) is 2.81. The van der Waals surface area contributed by atoms with Gasteiger partial charge in [-0.1, -0.05) is 6.07 Å². The molecule has 19 heavy (non-hydrogen) atoms. The Hall–Kier alpha value is -2.23. The summed E-state index contributed by atoms with van der Waals surface area (Å²) in [5.41, 5.74) is 3.30. The molecule has 0 bridgehead atoms.